The first kappa shape index (κ1) is 27.4. The molecule has 3 aromatic carbocycles. The van der Waals surface area contributed by atoms with Crippen molar-refractivity contribution >= 4 is 40.0 Å². The van der Waals surface area contributed by atoms with E-state index in [0.29, 0.717) is 41.4 Å². The number of hydrogen-bond donors (Lipinski definition) is 1. The van der Waals surface area contributed by atoms with E-state index in [1.807, 2.05) is 78.0 Å². The molecule has 0 spiro atoms. The summed E-state index contributed by atoms with van der Waals surface area (Å²) in [5, 5.41) is 2.18. The summed E-state index contributed by atoms with van der Waals surface area (Å²) in [5.74, 6) is 0.696. The molecule has 1 atom stereocenters. The van der Waals surface area contributed by atoms with Gasteiger partial charge in [-0.2, -0.15) is 0 Å². The molecular formula is C32H31Cl2N5O2. The lowest BCUT2D eigenvalue weighted by molar-refractivity contribution is 0.0779. The third-order valence-electron chi connectivity index (χ3n) is 7.84. The minimum Gasteiger partial charge on any atom is -0.497 e. The lowest BCUT2D eigenvalue weighted by Gasteiger charge is -2.21. The highest BCUT2D eigenvalue weighted by molar-refractivity contribution is 6.31. The van der Waals surface area contributed by atoms with Crippen molar-refractivity contribution in [2.75, 3.05) is 34.3 Å². The van der Waals surface area contributed by atoms with Crippen LogP contribution in [0.5, 0.6) is 5.75 Å². The number of carbonyl (C=O) groups excluding carboxylic acids is 1. The van der Waals surface area contributed by atoms with Crippen molar-refractivity contribution in [3.8, 4) is 28.3 Å². The van der Waals surface area contributed by atoms with Crippen LogP contribution in [0.1, 0.15) is 22.5 Å². The molecule has 210 valence electrons. The van der Waals surface area contributed by atoms with E-state index < -0.39 is 0 Å². The number of benzene rings is 3. The maximum atomic E-state index is 14.2. The number of nitrogens with one attached hydrogen (secondary N) is 1. The number of ether oxygens (including phenoxy) is 1. The Kier molecular flexibility index (Phi) is 7.51. The molecule has 0 radical (unpaired) electrons. The van der Waals surface area contributed by atoms with Crippen LogP contribution in [0.15, 0.2) is 73.1 Å². The van der Waals surface area contributed by atoms with Crippen LogP contribution in [0.2, 0.25) is 10.0 Å². The molecule has 1 saturated heterocycles. The van der Waals surface area contributed by atoms with Crippen molar-refractivity contribution in [2.24, 2.45) is 0 Å². The number of rotatable bonds is 7. The normalized spacial score (nSPS) is 15.3. The molecule has 2 aromatic heterocycles. The van der Waals surface area contributed by atoms with E-state index in [4.69, 9.17) is 32.9 Å². The van der Waals surface area contributed by atoms with Gasteiger partial charge < -0.3 is 24.1 Å². The summed E-state index contributed by atoms with van der Waals surface area (Å²) in [6, 6.07) is 21.6. The lowest BCUT2D eigenvalue weighted by atomic mass is 10.0. The Balaban J connectivity index is 1.56. The second-order valence-electron chi connectivity index (χ2n) is 10.7. The van der Waals surface area contributed by atoms with Gasteiger partial charge in [0.2, 0.25) is 0 Å². The number of carbonyl (C=O) groups is 1. The van der Waals surface area contributed by atoms with Crippen LogP contribution < -0.4 is 4.74 Å². The number of amides is 1. The minimum absolute atomic E-state index is 0.0347. The van der Waals surface area contributed by atoms with Gasteiger partial charge in [0, 0.05) is 57.8 Å². The van der Waals surface area contributed by atoms with Gasteiger partial charge in [-0.05, 0) is 62.5 Å². The van der Waals surface area contributed by atoms with Crippen LogP contribution in [0.25, 0.3) is 33.4 Å². The van der Waals surface area contributed by atoms with Gasteiger partial charge in [-0.3, -0.25) is 4.79 Å². The zero-order chi connectivity index (χ0) is 28.7. The van der Waals surface area contributed by atoms with E-state index in [0.717, 1.165) is 51.2 Å². The van der Waals surface area contributed by atoms with Crippen LogP contribution >= 0.6 is 23.2 Å². The highest BCUT2D eigenvalue weighted by atomic mass is 35.5. The third kappa shape index (κ3) is 5.33. The monoisotopic (exact) mass is 587 g/mol. The van der Waals surface area contributed by atoms with E-state index >= 15 is 0 Å². The van der Waals surface area contributed by atoms with Crippen molar-refractivity contribution in [3.05, 3.63) is 94.4 Å². The first-order valence-corrected chi connectivity index (χ1v) is 14.3. The smallest absolute Gasteiger partial charge is 0.271 e. The molecule has 0 aliphatic carbocycles. The number of H-pyrrole nitrogens is 1. The molecule has 6 rings (SSSR count). The third-order valence-corrected chi connectivity index (χ3v) is 8.33. The number of imidazole rings is 1. The molecule has 0 saturated carbocycles. The van der Waals surface area contributed by atoms with Gasteiger partial charge in [-0.15, -0.1) is 0 Å². The van der Waals surface area contributed by atoms with Crippen LogP contribution in [0.4, 0.5) is 0 Å². The van der Waals surface area contributed by atoms with Crippen molar-refractivity contribution in [2.45, 2.75) is 19.0 Å². The molecule has 1 fully saturated rings. The summed E-state index contributed by atoms with van der Waals surface area (Å²) >= 11 is 12.6. The molecule has 1 amide bonds. The molecule has 1 N–H and O–H groups in total. The van der Waals surface area contributed by atoms with Gasteiger partial charge >= 0.3 is 0 Å². The summed E-state index contributed by atoms with van der Waals surface area (Å²) in [6.07, 6.45) is 2.77. The Bertz CT molecular complexity index is 1720. The fourth-order valence-corrected chi connectivity index (χ4v) is 5.91. The number of aromatic amines is 1. The maximum Gasteiger partial charge on any atom is 0.271 e. The fraction of sp³-hybridized carbons (Fsp3) is 0.250. The van der Waals surface area contributed by atoms with Gasteiger partial charge in [-0.25, -0.2) is 4.98 Å². The standard InChI is InChI=1S/C32H31Cl2N5O2/c1-37(2)24-13-14-38(18-24)32(40)30-28(26-12-11-23(34)16-27(26)36-30)31-29(21-5-4-6-25(15-21)41-3)35-19-39(31)17-20-7-9-22(33)10-8-20/h4-12,15-16,19,24,36H,13-14,17-18H2,1-3H3. The molecule has 1 aliphatic rings. The maximum absolute atomic E-state index is 14.2. The average Bonchev–Trinajstić information content (AvgIpc) is 3.71. The van der Waals surface area contributed by atoms with Gasteiger partial charge in [-0.1, -0.05) is 53.5 Å². The number of halogens is 2. The van der Waals surface area contributed by atoms with E-state index in [-0.39, 0.29) is 5.91 Å². The zero-order valence-corrected chi connectivity index (χ0v) is 24.7. The Morgan fingerprint density at radius 2 is 1.85 bits per heavy atom. The van der Waals surface area contributed by atoms with E-state index in [2.05, 4.69) is 28.5 Å². The fourth-order valence-electron chi connectivity index (χ4n) is 5.61. The Morgan fingerprint density at radius 1 is 1.07 bits per heavy atom. The first-order valence-electron chi connectivity index (χ1n) is 13.5. The van der Waals surface area contributed by atoms with Crippen molar-refractivity contribution in [3.63, 3.8) is 0 Å². The number of fused-ring (bicyclic) bond motifs is 1. The molecule has 9 heteroatoms. The van der Waals surface area contributed by atoms with Crippen LogP contribution in [-0.4, -0.2) is 70.6 Å². The lowest BCUT2D eigenvalue weighted by Crippen LogP contribution is -2.34. The number of hydrogen-bond acceptors (Lipinski definition) is 4. The predicted molar refractivity (Wildman–Crippen MR) is 165 cm³/mol. The van der Waals surface area contributed by atoms with Crippen molar-refractivity contribution < 1.29 is 9.53 Å². The van der Waals surface area contributed by atoms with Gasteiger partial charge in [0.15, 0.2) is 0 Å². The summed E-state index contributed by atoms with van der Waals surface area (Å²) < 4.78 is 7.63. The zero-order valence-electron chi connectivity index (χ0n) is 23.2. The number of likely N-dealkylation sites (N-methyl/N-ethyl adjacent to an activating group) is 1. The predicted octanol–water partition coefficient (Wildman–Crippen LogP) is 6.84. The van der Waals surface area contributed by atoms with Crippen LogP contribution in [0, 0.1) is 0 Å². The van der Waals surface area contributed by atoms with Gasteiger partial charge in [0.05, 0.1) is 24.8 Å². The molecular weight excluding hydrogens is 557 g/mol. The van der Waals surface area contributed by atoms with Crippen molar-refractivity contribution in [1.82, 2.24) is 24.3 Å². The van der Waals surface area contributed by atoms with Gasteiger partial charge in [0.1, 0.15) is 11.4 Å². The summed E-state index contributed by atoms with van der Waals surface area (Å²) in [5.41, 5.74) is 5.70. The van der Waals surface area contributed by atoms with Gasteiger partial charge in [0.25, 0.3) is 5.91 Å². The van der Waals surface area contributed by atoms with E-state index in [1.54, 1.807) is 7.11 Å². The van der Waals surface area contributed by atoms with Crippen molar-refractivity contribution in [1.29, 1.82) is 0 Å². The number of aromatic nitrogens is 3. The van der Waals surface area contributed by atoms with E-state index in [9.17, 15) is 4.79 Å². The number of methoxy groups -OCH3 is 1. The molecule has 0 bridgehead atoms. The topological polar surface area (TPSA) is 66.4 Å². The quantitative estimate of drug-likeness (QED) is 0.226. The molecule has 7 nitrogen and oxygen atoms in total. The second kappa shape index (κ2) is 11.2. The molecule has 5 aromatic rings. The van der Waals surface area contributed by atoms with E-state index in [1.165, 1.54) is 0 Å². The van der Waals surface area contributed by atoms with Crippen LogP contribution in [0.3, 0.4) is 0 Å². The molecule has 1 unspecified atom stereocenters. The Hall–Kier alpha value is -3.78. The highest BCUT2D eigenvalue weighted by Crippen LogP contribution is 2.41. The summed E-state index contributed by atoms with van der Waals surface area (Å²) in [4.78, 5) is 26.7. The molecule has 1 aliphatic heterocycles. The SMILES string of the molecule is COc1cccc(-c2ncn(Cc3ccc(Cl)cc3)c2-c2c(C(=O)N3CCC(N(C)C)C3)[nH]c3cc(Cl)ccc23)c1. The first-order chi connectivity index (χ1) is 19.8. The second-order valence-corrected chi connectivity index (χ2v) is 11.5. The number of nitrogens with zero attached hydrogens (tertiary/aromatic N) is 4. The summed E-state index contributed by atoms with van der Waals surface area (Å²) in [6.45, 7) is 1.92. The number of likely N-dealkylation sites (tertiary alicyclic amines) is 1. The Morgan fingerprint density at radius 3 is 2.59 bits per heavy atom. The molecule has 3 heterocycles. The Labute approximate surface area is 249 Å². The largest absolute Gasteiger partial charge is 0.497 e. The minimum atomic E-state index is -0.0347. The van der Waals surface area contributed by atoms with Crippen LogP contribution in [-0.2, 0) is 6.54 Å². The molecule has 41 heavy (non-hydrogen) atoms. The highest BCUT2D eigenvalue weighted by Gasteiger charge is 2.33. The average molecular weight is 589 g/mol. The summed E-state index contributed by atoms with van der Waals surface area (Å²) in [7, 11) is 5.77.